The Morgan fingerprint density at radius 3 is 2.63 bits per heavy atom. The highest BCUT2D eigenvalue weighted by atomic mass is 32.1. The molecule has 1 aromatic heterocycles. The van der Waals surface area contributed by atoms with Crippen molar-refractivity contribution in [3.8, 4) is 10.4 Å². The van der Waals surface area contributed by atoms with Gasteiger partial charge in [0.1, 0.15) is 6.04 Å². The average molecular weight is 440 g/mol. The van der Waals surface area contributed by atoms with Crippen LogP contribution in [0.2, 0.25) is 0 Å². The number of nitrogens with two attached hydrogens (primary N) is 1. The zero-order valence-electron chi connectivity index (χ0n) is 16.8. The number of halogens is 3. The van der Waals surface area contributed by atoms with E-state index in [0.29, 0.717) is 40.7 Å². The number of rotatable bonds is 4. The van der Waals surface area contributed by atoms with Gasteiger partial charge >= 0.3 is 12.2 Å². The maximum absolute atomic E-state index is 13.4. The molecule has 0 radical (unpaired) electrons. The standard InChI is InChI=1S/C20H23F3N4O2S/c1-11-15(12-6-4-7-13(10-12)19(2,3)20(21,22)23)30-17(25-11)26-18(29)27-9-5-8-14(27)16(24)28/h4,6-7,10,14H,5,8-9H2,1-3H3,(H2,24,28)(H,25,26,29)/t14-/m0/s1. The molecule has 0 unspecified atom stereocenters. The molecule has 1 aliphatic rings. The van der Waals surface area contributed by atoms with Gasteiger partial charge in [0.2, 0.25) is 5.91 Å². The number of carbonyl (C=O) groups excluding carboxylic acids is 2. The van der Waals surface area contributed by atoms with Gasteiger partial charge in [-0.3, -0.25) is 10.1 Å². The first-order valence-corrected chi connectivity index (χ1v) is 10.3. The molecule has 0 bridgehead atoms. The number of carbonyl (C=O) groups is 2. The molecular formula is C20H23F3N4O2S. The summed E-state index contributed by atoms with van der Waals surface area (Å²) in [6, 6.07) is 5.13. The third-order valence-corrected chi connectivity index (χ3v) is 6.53. The number of nitrogens with zero attached hydrogens (tertiary/aromatic N) is 2. The number of alkyl halides is 3. The van der Waals surface area contributed by atoms with Crippen LogP contribution < -0.4 is 11.1 Å². The first-order valence-electron chi connectivity index (χ1n) is 9.44. The van der Waals surface area contributed by atoms with Crippen molar-refractivity contribution in [1.82, 2.24) is 9.88 Å². The number of aromatic nitrogens is 1. The zero-order valence-corrected chi connectivity index (χ0v) is 17.7. The van der Waals surface area contributed by atoms with Crippen LogP contribution in [0, 0.1) is 6.92 Å². The number of hydrogen-bond donors (Lipinski definition) is 2. The largest absolute Gasteiger partial charge is 0.397 e. The topological polar surface area (TPSA) is 88.3 Å². The van der Waals surface area contributed by atoms with Crippen molar-refractivity contribution in [3.63, 3.8) is 0 Å². The SMILES string of the molecule is Cc1nc(NC(=O)N2CCC[C@H]2C(N)=O)sc1-c1cccc(C(C)(C)C(F)(F)F)c1. The zero-order chi connectivity index (χ0) is 22.3. The Labute approximate surface area is 176 Å². The van der Waals surface area contributed by atoms with Gasteiger partial charge in [-0.25, -0.2) is 9.78 Å². The quantitative estimate of drug-likeness (QED) is 0.737. The normalized spacial score (nSPS) is 17.3. The van der Waals surface area contributed by atoms with Crippen LogP contribution in [0.4, 0.5) is 23.1 Å². The summed E-state index contributed by atoms with van der Waals surface area (Å²) in [4.78, 5) is 30.4. The Hall–Kier alpha value is -2.62. The van der Waals surface area contributed by atoms with Crippen LogP contribution in [0.5, 0.6) is 0 Å². The van der Waals surface area contributed by atoms with Gasteiger partial charge in [-0.2, -0.15) is 13.2 Å². The highest BCUT2D eigenvalue weighted by molar-refractivity contribution is 7.19. The molecule has 10 heteroatoms. The number of primary amides is 1. The van der Waals surface area contributed by atoms with Crippen LogP contribution in [0.15, 0.2) is 24.3 Å². The molecule has 0 spiro atoms. The number of nitrogens with one attached hydrogen (secondary N) is 1. The van der Waals surface area contributed by atoms with Crippen molar-refractivity contribution in [1.29, 1.82) is 0 Å². The van der Waals surface area contributed by atoms with Gasteiger partial charge in [0, 0.05) is 6.54 Å². The van der Waals surface area contributed by atoms with E-state index in [2.05, 4.69) is 10.3 Å². The lowest BCUT2D eigenvalue weighted by Crippen LogP contribution is -2.45. The van der Waals surface area contributed by atoms with Gasteiger partial charge < -0.3 is 10.6 Å². The number of benzene rings is 1. The van der Waals surface area contributed by atoms with Crippen molar-refractivity contribution in [2.24, 2.45) is 5.73 Å². The van der Waals surface area contributed by atoms with E-state index < -0.39 is 29.6 Å². The molecular weight excluding hydrogens is 417 g/mol. The van der Waals surface area contributed by atoms with E-state index in [0.717, 1.165) is 13.8 Å². The molecule has 1 atom stereocenters. The second-order valence-electron chi connectivity index (χ2n) is 7.82. The molecule has 3 rings (SSSR count). The summed E-state index contributed by atoms with van der Waals surface area (Å²) in [6.45, 7) is 4.43. The molecule has 1 aliphatic heterocycles. The fourth-order valence-electron chi connectivity index (χ4n) is 3.40. The Kier molecular flexibility index (Phi) is 5.81. The lowest BCUT2D eigenvalue weighted by molar-refractivity contribution is -0.180. The molecule has 3 N–H and O–H groups in total. The lowest BCUT2D eigenvalue weighted by atomic mass is 9.83. The van der Waals surface area contributed by atoms with Crippen molar-refractivity contribution < 1.29 is 22.8 Å². The van der Waals surface area contributed by atoms with Crippen LogP contribution in [0.25, 0.3) is 10.4 Å². The summed E-state index contributed by atoms with van der Waals surface area (Å²) < 4.78 is 40.3. The Morgan fingerprint density at radius 1 is 1.30 bits per heavy atom. The Morgan fingerprint density at radius 2 is 2.00 bits per heavy atom. The predicted molar refractivity (Wildman–Crippen MR) is 109 cm³/mol. The first-order chi connectivity index (χ1) is 13.9. The maximum Gasteiger partial charge on any atom is 0.397 e. The van der Waals surface area contributed by atoms with Crippen LogP contribution in [0.1, 0.15) is 37.9 Å². The number of thiazole rings is 1. The van der Waals surface area contributed by atoms with Gasteiger partial charge in [0.15, 0.2) is 5.13 Å². The van der Waals surface area contributed by atoms with Crippen molar-refractivity contribution in [2.75, 3.05) is 11.9 Å². The van der Waals surface area contributed by atoms with E-state index in [1.165, 1.54) is 28.4 Å². The van der Waals surface area contributed by atoms with E-state index in [1.54, 1.807) is 19.1 Å². The van der Waals surface area contributed by atoms with Gasteiger partial charge in [-0.15, -0.1) is 0 Å². The molecule has 1 fully saturated rings. The van der Waals surface area contributed by atoms with Crippen molar-refractivity contribution >= 4 is 28.4 Å². The van der Waals surface area contributed by atoms with Crippen LogP contribution in [-0.2, 0) is 10.2 Å². The monoisotopic (exact) mass is 440 g/mol. The number of hydrogen-bond acceptors (Lipinski definition) is 4. The molecule has 2 heterocycles. The number of aryl methyl sites for hydroxylation is 1. The van der Waals surface area contributed by atoms with E-state index in [9.17, 15) is 22.8 Å². The van der Waals surface area contributed by atoms with Crippen LogP contribution >= 0.6 is 11.3 Å². The second kappa shape index (κ2) is 7.90. The van der Waals surface area contributed by atoms with Gasteiger partial charge in [-0.05, 0) is 50.8 Å². The average Bonchev–Trinajstić information content (AvgIpc) is 3.28. The summed E-state index contributed by atoms with van der Waals surface area (Å²) in [5.41, 5.74) is 4.68. The van der Waals surface area contributed by atoms with E-state index in [1.807, 2.05) is 0 Å². The summed E-state index contributed by atoms with van der Waals surface area (Å²) in [7, 11) is 0. The summed E-state index contributed by atoms with van der Waals surface area (Å²) in [6.07, 6.45) is -3.18. The number of likely N-dealkylation sites (tertiary alicyclic amines) is 1. The minimum Gasteiger partial charge on any atom is -0.368 e. The Balaban J connectivity index is 1.84. The minimum atomic E-state index is -4.39. The van der Waals surface area contributed by atoms with E-state index >= 15 is 0 Å². The van der Waals surface area contributed by atoms with E-state index in [4.69, 9.17) is 5.73 Å². The second-order valence-corrected chi connectivity index (χ2v) is 8.82. The predicted octanol–water partition coefficient (Wildman–Crippen LogP) is 4.44. The Bertz CT molecular complexity index is 971. The molecule has 2 aromatic rings. The summed E-state index contributed by atoms with van der Waals surface area (Å²) in [5.74, 6) is -0.553. The maximum atomic E-state index is 13.4. The molecule has 0 saturated carbocycles. The smallest absolute Gasteiger partial charge is 0.368 e. The van der Waals surface area contributed by atoms with E-state index in [-0.39, 0.29) is 5.56 Å². The van der Waals surface area contributed by atoms with Gasteiger partial charge in [0.25, 0.3) is 0 Å². The third-order valence-electron chi connectivity index (χ3n) is 5.41. The summed E-state index contributed by atoms with van der Waals surface area (Å²) >= 11 is 1.17. The van der Waals surface area contributed by atoms with Crippen LogP contribution in [-0.4, -0.2) is 40.6 Å². The molecule has 0 aliphatic carbocycles. The molecule has 1 aromatic carbocycles. The number of anilines is 1. The minimum absolute atomic E-state index is 0.146. The highest BCUT2D eigenvalue weighted by Crippen LogP contribution is 2.42. The fourth-order valence-corrected chi connectivity index (χ4v) is 4.35. The highest BCUT2D eigenvalue weighted by Gasteiger charge is 2.48. The number of urea groups is 1. The summed E-state index contributed by atoms with van der Waals surface area (Å²) in [5, 5.41) is 2.98. The molecule has 3 amide bonds. The van der Waals surface area contributed by atoms with Gasteiger partial charge in [0.05, 0.1) is 16.0 Å². The number of amides is 3. The van der Waals surface area contributed by atoms with Gasteiger partial charge in [-0.1, -0.05) is 29.5 Å². The molecule has 1 saturated heterocycles. The third kappa shape index (κ3) is 4.14. The van der Waals surface area contributed by atoms with Crippen molar-refractivity contribution in [3.05, 3.63) is 35.5 Å². The fraction of sp³-hybridized carbons (Fsp3) is 0.450. The lowest BCUT2D eigenvalue weighted by Gasteiger charge is -2.28. The molecule has 6 nitrogen and oxygen atoms in total. The van der Waals surface area contributed by atoms with Crippen molar-refractivity contribution in [2.45, 2.75) is 51.2 Å². The molecule has 162 valence electrons. The molecule has 30 heavy (non-hydrogen) atoms. The first kappa shape index (κ1) is 22.1. The van der Waals surface area contributed by atoms with Crippen LogP contribution in [0.3, 0.4) is 0 Å².